The molecule has 8 nitrogen and oxygen atoms in total. The molecule has 2 amide bonds. The molecule has 3 aromatic rings. The van der Waals surface area contributed by atoms with Crippen molar-refractivity contribution < 1.29 is 22.7 Å². The maximum absolute atomic E-state index is 12.8. The van der Waals surface area contributed by atoms with Gasteiger partial charge in [-0.25, -0.2) is 14.5 Å². The van der Waals surface area contributed by atoms with Crippen molar-refractivity contribution in [2.24, 2.45) is 4.99 Å². The van der Waals surface area contributed by atoms with E-state index in [4.69, 9.17) is 0 Å². The standard InChI is InChI=1S/C26H27F3N6O2S/c1-2-17-5-3-4-6-22(17)34-13-14-38-25(34)32-24(36)31-19-8-7-18(15-19)23-30-16-35(33-23)20-9-11-21(12-10-20)37-26(27,28)29/h3-6,9-12,16,18-19H,2,7-8,13-15H2,1H3,(H,31,36). The van der Waals surface area contributed by atoms with Crippen LogP contribution in [0.25, 0.3) is 5.69 Å². The van der Waals surface area contributed by atoms with Crippen LogP contribution in [0.3, 0.4) is 0 Å². The summed E-state index contributed by atoms with van der Waals surface area (Å²) < 4.78 is 42.6. The predicted molar refractivity (Wildman–Crippen MR) is 140 cm³/mol. The molecule has 1 aliphatic carbocycles. The molecule has 2 fully saturated rings. The van der Waals surface area contributed by atoms with Crippen LogP contribution in [-0.2, 0) is 6.42 Å². The molecule has 0 radical (unpaired) electrons. The summed E-state index contributed by atoms with van der Waals surface area (Å²) in [4.78, 5) is 23.7. The third-order valence-corrected chi connectivity index (χ3v) is 7.56. The van der Waals surface area contributed by atoms with Gasteiger partial charge in [0, 0.05) is 29.9 Å². The summed E-state index contributed by atoms with van der Waals surface area (Å²) in [6.45, 7) is 2.93. The minimum Gasteiger partial charge on any atom is -0.406 e. The van der Waals surface area contributed by atoms with E-state index in [1.807, 2.05) is 12.1 Å². The average Bonchev–Trinajstić information content (AvgIpc) is 3.65. The summed E-state index contributed by atoms with van der Waals surface area (Å²) >= 11 is 1.58. The molecule has 1 aromatic heterocycles. The van der Waals surface area contributed by atoms with Gasteiger partial charge in [-0.05, 0) is 61.6 Å². The first-order chi connectivity index (χ1) is 18.3. The second-order valence-corrected chi connectivity index (χ2v) is 10.2. The number of halogens is 3. The normalized spacial score (nSPS) is 20.7. The highest BCUT2D eigenvalue weighted by molar-refractivity contribution is 8.14. The molecule has 2 unspecified atom stereocenters. The van der Waals surface area contributed by atoms with E-state index in [2.05, 4.69) is 49.1 Å². The fourth-order valence-corrected chi connectivity index (χ4v) is 5.77. The summed E-state index contributed by atoms with van der Waals surface area (Å²) in [7, 11) is 0. The van der Waals surface area contributed by atoms with E-state index in [0.717, 1.165) is 37.2 Å². The second kappa shape index (κ2) is 11.1. The first-order valence-electron chi connectivity index (χ1n) is 12.4. The number of amides is 2. The van der Waals surface area contributed by atoms with Crippen LogP contribution in [0.15, 0.2) is 59.9 Å². The number of aryl methyl sites for hydroxylation is 1. The van der Waals surface area contributed by atoms with Crippen molar-refractivity contribution in [3.8, 4) is 11.4 Å². The second-order valence-electron chi connectivity index (χ2n) is 9.12. The van der Waals surface area contributed by atoms with Crippen molar-refractivity contribution in [1.82, 2.24) is 20.1 Å². The number of aliphatic imine (C=N–C) groups is 1. The van der Waals surface area contributed by atoms with Crippen LogP contribution >= 0.6 is 11.8 Å². The number of hydrogen-bond acceptors (Lipinski definition) is 5. The van der Waals surface area contributed by atoms with Gasteiger partial charge in [-0.15, -0.1) is 13.2 Å². The molecule has 0 bridgehead atoms. The number of hydrogen-bond donors (Lipinski definition) is 1. The summed E-state index contributed by atoms with van der Waals surface area (Å²) in [6.07, 6.45) is -0.00910. The number of nitrogens with one attached hydrogen (secondary N) is 1. The number of alkyl halides is 3. The fourth-order valence-electron chi connectivity index (χ4n) is 4.82. The highest BCUT2D eigenvalue weighted by Crippen LogP contribution is 2.33. The number of urea groups is 1. The van der Waals surface area contributed by atoms with E-state index in [1.165, 1.54) is 40.8 Å². The lowest BCUT2D eigenvalue weighted by atomic mass is 10.1. The van der Waals surface area contributed by atoms with E-state index < -0.39 is 6.36 Å². The molecule has 2 atom stereocenters. The van der Waals surface area contributed by atoms with E-state index in [9.17, 15) is 18.0 Å². The van der Waals surface area contributed by atoms with Crippen molar-refractivity contribution in [2.45, 2.75) is 50.9 Å². The summed E-state index contributed by atoms with van der Waals surface area (Å²) in [5.74, 6) is 1.28. The molecule has 2 heterocycles. The van der Waals surface area contributed by atoms with Crippen LogP contribution in [0.1, 0.15) is 43.5 Å². The summed E-state index contributed by atoms with van der Waals surface area (Å²) in [5.41, 5.74) is 2.89. The van der Waals surface area contributed by atoms with Crippen LogP contribution in [-0.4, -0.2) is 50.7 Å². The number of amidine groups is 1. The number of nitrogens with zero attached hydrogens (tertiary/aromatic N) is 5. The Balaban J connectivity index is 1.18. The Morgan fingerprint density at radius 2 is 1.97 bits per heavy atom. The van der Waals surface area contributed by atoms with Gasteiger partial charge in [0.2, 0.25) is 0 Å². The number of carbonyl (C=O) groups is 1. The lowest BCUT2D eigenvalue weighted by molar-refractivity contribution is -0.274. The molecular weight excluding hydrogens is 517 g/mol. The van der Waals surface area contributed by atoms with Crippen LogP contribution in [0.5, 0.6) is 5.75 Å². The molecular formula is C26H27F3N6O2S. The van der Waals surface area contributed by atoms with E-state index in [0.29, 0.717) is 23.1 Å². The lowest BCUT2D eigenvalue weighted by Crippen LogP contribution is -2.33. The summed E-state index contributed by atoms with van der Waals surface area (Å²) in [6, 6.07) is 13.2. The molecule has 12 heteroatoms. The smallest absolute Gasteiger partial charge is 0.406 e. The summed E-state index contributed by atoms with van der Waals surface area (Å²) in [5, 5.41) is 8.26. The number of carbonyl (C=O) groups excluding carboxylic acids is 1. The number of para-hydroxylation sites is 1. The number of benzene rings is 2. The van der Waals surface area contributed by atoms with Gasteiger partial charge >= 0.3 is 12.4 Å². The van der Waals surface area contributed by atoms with Crippen LogP contribution in [0.2, 0.25) is 0 Å². The fraction of sp³-hybridized carbons (Fsp3) is 0.385. The predicted octanol–water partition coefficient (Wildman–Crippen LogP) is 5.68. The third-order valence-electron chi connectivity index (χ3n) is 6.61. The van der Waals surface area contributed by atoms with Crippen molar-refractivity contribution in [2.75, 3.05) is 17.2 Å². The van der Waals surface area contributed by atoms with Crippen molar-refractivity contribution in [1.29, 1.82) is 0 Å². The molecule has 2 aliphatic rings. The van der Waals surface area contributed by atoms with Gasteiger partial charge < -0.3 is 15.0 Å². The van der Waals surface area contributed by atoms with Gasteiger partial charge in [0.25, 0.3) is 0 Å². The van der Waals surface area contributed by atoms with Gasteiger partial charge in [0.15, 0.2) is 11.0 Å². The Labute approximate surface area is 222 Å². The highest BCUT2D eigenvalue weighted by atomic mass is 32.2. The number of thioether (sulfide) groups is 1. The van der Waals surface area contributed by atoms with Crippen LogP contribution in [0.4, 0.5) is 23.7 Å². The van der Waals surface area contributed by atoms with E-state index in [-0.39, 0.29) is 23.7 Å². The Bertz CT molecular complexity index is 1310. The van der Waals surface area contributed by atoms with Gasteiger partial charge in [0.05, 0.1) is 5.69 Å². The van der Waals surface area contributed by atoms with Crippen molar-refractivity contribution >= 4 is 28.6 Å². The van der Waals surface area contributed by atoms with Crippen molar-refractivity contribution in [3.63, 3.8) is 0 Å². The molecule has 200 valence electrons. The largest absolute Gasteiger partial charge is 0.573 e. The molecule has 5 rings (SSSR count). The highest BCUT2D eigenvalue weighted by Gasteiger charge is 2.32. The minimum atomic E-state index is -4.74. The van der Waals surface area contributed by atoms with E-state index in [1.54, 1.807) is 11.8 Å². The number of ether oxygens (including phenoxy) is 1. The third kappa shape index (κ3) is 6.12. The lowest BCUT2D eigenvalue weighted by Gasteiger charge is -2.21. The molecule has 1 saturated carbocycles. The first kappa shape index (κ1) is 26.1. The average molecular weight is 545 g/mol. The van der Waals surface area contributed by atoms with E-state index >= 15 is 0 Å². The topological polar surface area (TPSA) is 84.6 Å². The Morgan fingerprint density at radius 3 is 2.74 bits per heavy atom. The molecule has 2 aromatic carbocycles. The van der Waals surface area contributed by atoms with Gasteiger partial charge in [-0.1, -0.05) is 36.9 Å². The Kier molecular flexibility index (Phi) is 7.59. The number of anilines is 1. The molecule has 0 spiro atoms. The van der Waals surface area contributed by atoms with Crippen LogP contribution < -0.4 is 15.0 Å². The SMILES string of the molecule is CCc1ccccc1N1CCSC1=NC(=O)NC1CCC(c2ncn(-c3ccc(OC(F)(F)F)cc3)n2)C1. The molecule has 1 saturated heterocycles. The first-order valence-corrected chi connectivity index (χ1v) is 13.4. The molecule has 1 aliphatic heterocycles. The van der Waals surface area contributed by atoms with Crippen LogP contribution in [0, 0.1) is 0 Å². The monoisotopic (exact) mass is 544 g/mol. The maximum Gasteiger partial charge on any atom is 0.573 e. The quantitative estimate of drug-likeness (QED) is 0.430. The number of aromatic nitrogens is 3. The Hall–Kier alpha value is -3.54. The minimum absolute atomic E-state index is 0.0367. The maximum atomic E-state index is 12.8. The molecule has 1 N–H and O–H groups in total. The molecule has 38 heavy (non-hydrogen) atoms. The zero-order valence-corrected chi connectivity index (χ0v) is 21.5. The van der Waals surface area contributed by atoms with Gasteiger partial charge in [0.1, 0.15) is 12.1 Å². The van der Waals surface area contributed by atoms with Crippen molar-refractivity contribution in [3.05, 3.63) is 66.2 Å². The zero-order valence-electron chi connectivity index (χ0n) is 20.7. The van der Waals surface area contributed by atoms with Gasteiger partial charge in [-0.2, -0.15) is 10.1 Å². The van der Waals surface area contributed by atoms with Gasteiger partial charge in [-0.3, -0.25) is 0 Å². The number of rotatable bonds is 6. The zero-order chi connectivity index (χ0) is 26.7. The Morgan fingerprint density at radius 1 is 1.18 bits per heavy atom.